The third-order valence-electron chi connectivity index (χ3n) is 3.52. The molecule has 0 unspecified atom stereocenters. The Morgan fingerprint density at radius 1 is 1.12 bits per heavy atom. The first kappa shape index (κ1) is 19.5. The minimum atomic E-state index is -0.0885. The number of nitrogens with zero attached hydrogens (tertiary/aromatic N) is 3. The van der Waals surface area contributed by atoms with Crippen LogP contribution in [-0.2, 0) is 0 Å². The highest BCUT2D eigenvalue weighted by Gasteiger charge is 2.17. The number of benzene rings is 1. The van der Waals surface area contributed by atoms with E-state index in [0.29, 0.717) is 46.2 Å². The molecule has 134 valence electrons. The fourth-order valence-electron chi connectivity index (χ4n) is 2.46. The van der Waals surface area contributed by atoms with Crippen LogP contribution in [-0.4, -0.2) is 33.9 Å². The lowest BCUT2D eigenvalue weighted by Crippen LogP contribution is -2.33. The number of carbonyl (C=O) groups excluding carboxylic acids is 1. The molecule has 2 rings (SSSR count). The van der Waals surface area contributed by atoms with Gasteiger partial charge in [-0.25, -0.2) is 9.97 Å². The number of aryl methyl sites for hydroxylation is 1. The molecule has 0 bridgehead atoms. The minimum absolute atomic E-state index is 0.0885. The van der Waals surface area contributed by atoms with E-state index in [1.165, 1.54) is 0 Å². The van der Waals surface area contributed by atoms with E-state index < -0.39 is 0 Å². The van der Waals surface area contributed by atoms with Crippen LogP contribution < -0.4 is 5.32 Å². The highest BCUT2D eigenvalue weighted by atomic mass is 35.5. The summed E-state index contributed by atoms with van der Waals surface area (Å²) in [5.74, 6) is 0.231. The summed E-state index contributed by atoms with van der Waals surface area (Å²) in [6, 6.07) is 6.79. The van der Waals surface area contributed by atoms with Gasteiger partial charge in [0.2, 0.25) is 5.95 Å². The van der Waals surface area contributed by atoms with Crippen LogP contribution in [0.15, 0.2) is 24.3 Å². The third-order valence-corrected chi connectivity index (χ3v) is 4.09. The van der Waals surface area contributed by atoms with E-state index in [-0.39, 0.29) is 5.91 Å². The van der Waals surface area contributed by atoms with Gasteiger partial charge in [0.1, 0.15) is 5.69 Å². The fourth-order valence-corrected chi connectivity index (χ4v) is 2.80. The number of hydrogen-bond acceptors (Lipinski definition) is 4. The molecule has 0 saturated heterocycles. The first-order valence-corrected chi connectivity index (χ1v) is 9.07. The predicted molar refractivity (Wildman–Crippen MR) is 103 cm³/mol. The molecule has 1 heterocycles. The van der Waals surface area contributed by atoms with Gasteiger partial charge in [-0.05, 0) is 44.0 Å². The summed E-state index contributed by atoms with van der Waals surface area (Å²) >= 11 is 12.2. The highest BCUT2D eigenvalue weighted by molar-refractivity contribution is 6.35. The number of nitrogens with one attached hydrogen (secondary N) is 1. The molecule has 0 atom stereocenters. The number of amides is 1. The lowest BCUT2D eigenvalue weighted by Gasteiger charge is -2.21. The van der Waals surface area contributed by atoms with Crippen molar-refractivity contribution in [2.24, 2.45) is 0 Å². The number of hydrogen-bond donors (Lipinski definition) is 1. The first-order chi connectivity index (χ1) is 11.9. The summed E-state index contributed by atoms with van der Waals surface area (Å²) in [7, 11) is 0. The van der Waals surface area contributed by atoms with Crippen LogP contribution in [0.1, 0.15) is 42.9 Å². The summed E-state index contributed by atoms with van der Waals surface area (Å²) in [5.41, 5.74) is 1.67. The van der Waals surface area contributed by atoms with Crippen molar-refractivity contribution in [2.75, 3.05) is 18.4 Å². The normalized spacial score (nSPS) is 10.6. The maximum Gasteiger partial charge on any atom is 0.272 e. The van der Waals surface area contributed by atoms with Crippen molar-refractivity contribution in [2.45, 2.75) is 33.6 Å². The molecular weight excluding hydrogens is 359 g/mol. The average Bonchev–Trinajstić information content (AvgIpc) is 2.57. The molecule has 1 amide bonds. The van der Waals surface area contributed by atoms with Gasteiger partial charge in [-0.3, -0.25) is 4.79 Å². The average molecular weight is 381 g/mol. The van der Waals surface area contributed by atoms with Gasteiger partial charge in [0.25, 0.3) is 5.91 Å². The van der Waals surface area contributed by atoms with Crippen molar-refractivity contribution < 1.29 is 4.79 Å². The number of carbonyl (C=O) groups is 1. The molecule has 7 heteroatoms. The van der Waals surface area contributed by atoms with Crippen LogP contribution in [0.3, 0.4) is 0 Å². The van der Waals surface area contributed by atoms with Crippen molar-refractivity contribution in [1.29, 1.82) is 0 Å². The van der Waals surface area contributed by atoms with E-state index in [1.807, 2.05) is 11.8 Å². The lowest BCUT2D eigenvalue weighted by atomic mass is 10.2. The lowest BCUT2D eigenvalue weighted by molar-refractivity contribution is 0.0749. The second-order valence-electron chi connectivity index (χ2n) is 5.76. The van der Waals surface area contributed by atoms with Crippen LogP contribution in [0.5, 0.6) is 0 Å². The number of anilines is 2. The molecule has 0 spiro atoms. The Kier molecular flexibility index (Phi) is 7.02. The topological polar surface area (TPSA) is 58.1 Å². The predicted octanol–water partition coefficient (Wildman–Crippen LogP) is 5.10. The Morgan fingerprint density at radius 2 is 1.80 bits per heavy atom. The van der Waals surface area contributed by atoms with Gasteiger partial charge in [-0.15, -0.1) is 0 Å². The van der Waals surface area contributed by atoms with Gasteiger partial charge < -0.3 is 10.2 Å². The van der Waals surface area contributed by atoms with Crippen molar-refractivity contribution >= 4 is 40.7 Å². The molecule has 0 radical (unpaired) electrons. The van der Waals surface area contributed by atoms with E-state index >= 15 is 0 Å². The maximum atomic E-state index is 12.8. The highest BCUT2D eigenvalue weighted by Crippen LogP contribution is 2.27. The molecule has 0 saturated carbocycles. The molecule has 1 aromatic heterocycles. The summed E-state index contributed by atoms with van der Waals surface area (Å²) in [4.78, 5) is 23.3. The Labute approximate surface area is 158 Å². The zero-order valence-corrected chi connectivity index (χ0v) is 16.2. The fraction of sp³-hybridized carbons (Fsp3) is 0.389. The van der Waals surface area contributed by atoms with E-state index in [0.717, 1.165) is 12.8 Å². The van der Waals surface area contributed by atoms with Gasteiger partial charge >= 0.3 is 0 Å². The molecule has 1 N–H and O–H groups in total. The Morgan fingerprint density at radius 3 is 2.44 bits per heavy atom. The minimum Gasteiger partial charge on any atom is -0.337 e. The summed E-state index contributed by atoms with van der Waals surface area (Å²) in [6.07, 6.45) is 1.80. The van der Waals surface area contributed by atoms with Crippen LogP contribution in [0.2, 0.25) is 10.0 Å². The van der Waals surface area contributed by atoms with Crippen LogP contribution in [0, 0.1) is 6.92 Å². The molecule has 25 heavy (non-hydrogen) atoms. The van der Waals surface area contributed by atoms with Gasteiger partial charge in [0.15, 0.2) is 0 Å². The molecule has 0 aliphatic carbocycles. The van der Waals surface area contributed by atoms with Gasteiger partial charge in [0, 0.05) is 23.8 Å². The summed E-state index contributed by atoms with van der Waals surface area (Å²) in [6.45, 7) is 7.34. The van der Waals surface area contributed by atoms with E-state index in [2.05, 4.69) is 29.1 Å². The molecule has 1 aromatic carbocycles. The van der Waals surface area contributed by atoms with Crippen molar-refractivity contribution in [3.63, 3.8) is 0 Å². The maximum absolute atomic E-state index is 12.8. The Balaban J connectivity index is 2.30. The monoisotopic (exact) mass is 380 g/mol. The molecule has 2 aromatic rings. The largest absolute Gasteiger partial charge is 0.337 e. The third kappa shape index (κ3) is 5.31. The Hall–Kier alpha value is -1.85. The zero-order valence-electron chi connectivity index (χ0n) is 14.6. The van der Waals surface area contributed by atoms with Crippen molar-refractivity contribution in [3.8, 4) is 0 Å². The van der Waals surface area contributed by atoms with Gasteiger partial charge in [-0.1, -0.05) is 37.0 Å². The second kappa shape index (κ2) is 9.02. The van der Waals surface area contributed by atoms with Crippen molar-refractivity contribution in [1.82, 2.24) is 14.9 Å². The van der Waals surface area contributed by atoms with Crippen molar-refractivity contribution in [3.05, 3.63) is 45.7 Å². The van der Waals surface area contributed by atoms with Crippen LogP contribution in [0.25, 0.3) is 0 Å². The number of aromatic nitrogens is 2. The van der Waals surface area contributed by atoms with Crippen LogP contribution >= 0.6 is 23.2 Å². The van der Waals surface area contributed by atoms with Crippen LogP contribution in [0.4, 0.5) is 11.6 Å². The van der Waals surface area contributed by atoms with Gasteiger partial charge in [-0.2, -0.15) is 0 Å². The Bertz CT molecular complexity index is 746. The smallest absolute Gasteiger partial charge is 0.272 e. The SMILES string of the molecule is CCCN(CCC)C(=O)c1cc(C)nc(Nc2cc(Cl)ccc2Cl)n1. The zero-order chi connectivity index (χ0) is 18.4. The number of rotatable bonds is 7. The second-order valence-corrected chi connectivity index (χ2v) is 6.60. The van der Waals surface area contributed by atoms with E-state index in [1.54, 1.807) is 24.3 Å². The summed E-state index contributed by atoms with van der Waals surface area (Å²) in [5, 5.41) is 4.09. The molecular formula is C18H22Cl2N4O. The standard InChI is InChI=1S/C18H22Cl2N4O/c1-4-8-24(9-5-2)17(25)16-10-12(3)21-18(23-16)22-15-11-13(19)6-7-14(15)20/h6-7,10-11H,4-5,8-9H2,1-3H3,(H,21,22,23). The summed E-state index contributed by atoms with van der Waals surface area (Å²) < 4.78 is 0. The van der Waals surface area contributed by atoms with Gasteiger partial charge in [0.05, 0.1) is 10.7 Å². The molecule has 0 aliphatic rings. The molecule has 0 fully saturated rings. The first-order valence-electron chi connectivity index (χ1n) is 8.31. The number of halogens is 2. The van der Waals surface area contributed by atoms with E-state index in [9.17, 15) is 4.79 Å². The molecule has 0 aliphatic heterocycles. The molecule has 5 nitrogen and oxygen atoms in total. The van der Waals surface area contributed by atoms with E-state index in [4.69, 9.17) is 23.2 Å². The quantitative estimate of drug-likeness (QED) is 0.725.